The Labute approximate surface area is 99.2 Å². The summed E-state index contributed by atoms with van der Waals surface area (Å²) >= 11 is 3.46. The summed E-state index contributed by atoms with van der Waals surface area (Å²) in [5.41, 5.74) is 0. The summed E-state index contributed by atoms with van der Waals surface area (Å²) < 4.78 is 0.921. The fourth-order valence-corrected chi connectivity index (χ4v) is 1.87. The zero-order chi connectivity index (χ0) is 11.4. The average molecular weight is 273 g/mol. The van der Waals surface area contributed by atoms with Crippen LogP contribution < -0.4 is 10.2 Å². The van der Waals surface area contributed by atoms with E-state index < -0.39 is 0 Å². The second-order valence-corrected chi connectivity index (χ2v) is 4.74. The number of hydrogen-bond acceptors (Lipinski definition) is 4. The van der Waals surface area contributed by atoms with Crippen molar-refractivity contribution in [3.05, 3.63) is 10.7 Å². The van der Waals surface area contributed by atoms with Crippen molar-refractivity contribution in [1.29, 1.82) is 0 Å². The Hall–Kier alpha value is -0.840. The van der Waals surface area contributed by atoms with Gasteiger partial charge in [-0.25, -0.2) is 4.98 Å². The normalized spacial score (nSPS) is 10.5. The molecule has 0 radical (unpaired) electrons. The molecule has 1 rings (SSSR count). The topological polar surface area (TPSA) is 41.1 Å². The van der Waals surface area contributed by atoms with Crippen molar-refractivity contribution in [2.75, 3.05) is 30.9 Å². The molecule has 0 aliphatic carbocycles. The third-order valence-corrected chi connectivity index (χ3v) is 2.51. The van der Waals surface area contributed by atoms with E-state index in [1.807, 2.05) is 14.1 Å². The molecule has 0 aliphatic heterocycles. The first-order valence-corrected chi connectivity index (χ1v) is 5.75. The van der Waals surface area contributed by atoms with Gasteiger partial charge in [-0.05, 0) is 21.8 Å². The van der Waals surface area contributed by atoms with Gasteiger partial charge in [-0.15, -0.1) is 0 Å². The Bertz CT molecular complexity index is 327. The van der Waals surface area contributed by atoms with Gasteiger partial charge < -0.3 is 10.2 Å². The Morgan fingerprint density at radius 1 is 1.53 bits per heavy atom. The van der Waals surface area contributed by atoms with Gasteiger partial charge in [0.15, 0.2) is 0 Å². The zero-order valence-corrected chi connectivity index (χ0v) is 11.2. The number of nitrogens with one attached hydrogen (secondary N) is 1. The monoisotopic (exact) mass is 272 g/mol. The summed E-state index contributed by atoms with van der Waals surface area (Å²) in [4.78, 5) is 10.6. The second-order valence-electron chi connectivity index (χ2n) is 3.89. The number of anilines is 2. The van der Waals surface area contributed by atoms with Gasteiger partial charge in [0.25, 0.3) is 0 Å². The van der Waals surface area contributed by atoms with Gasteiger partial charge in [0.2, 0.25) is 5.95 Å². The predicted octanol–water partition coefficient (Wildman–Crippen LogP) is 2.37. The van der Waals surface area contributed by atoms with E-state index in [0.717, 1.165) is 16.8 Å². The summed E-state index contributed by atoms with van der Waals surface area (Å²) in [5.74, 6) is 2.17. The molecule has 1 heterocycles. The number of nitrogens with zero attached hydrogens (tertiary/aromatic N) is 3. The summed E-state index contributed by atoms with van der Waals surface area (Å²) in [5, 5.41) is 2.93. The van der Waals surface area contributed by atoms with Crippen LogP contribution in [0.5, 0.6) is 0 Å². The number of halogens is 1. The molecule has 0 saturated heterocycles. The van der Waals surface area contributed by atoms with Crippen molar-refractivity contribution in [2.45, 2.75) is 13.8 Å². The molecule has 1 aromatic rings. The molecule has 0 bridgehead atoms. The molecule has 0 fully saturated rings. The number of hydrogen-bond donors (Lipinski definition) is 1. The Morgan fingerprint density at radius 2 is 2.20 bits per heavy atom. The second kappa shape index (κ2) is 5.30. The van der Waals surface area contributed by atoms with E-state index in [1.165, 1.54) is 0 Å². The Kier molecular flexibility index (Phi) is 4.32. The van der Waals surface area contributed by atoms with Crippen LogP contribution in [-0.2, 0) is 0 Å². The van der Waals surface area contributed by atoms with Gasteiger partial charge in [0, 0.05) is 26.8 Å². The Balaban J connectivity index is 2.91. The first kappa shape index (κ1) is 12.2. The van der Waals surface area contributed by atoms with E-state index in [-0.39, 0.29) is 0 Å². The van der Waals surface area contributed by atoms with Gasteiger partial charge in [-0.3, -0.25) is 0 Å². The first-order chi connectivity index (χ1) is 7.04. The molecule has 84 valence electrons. The van der Waals surface area contributed by atoms with E-state index in [9.17, 15) is 0 Å². The van der Waals surface area contributed by atoms with Gasteiger partial charge in [0.05, 0.1) is 4.47 Å². The van der Waals surface area contributed by atoms with Crippen LogP contribution in [0.25, 0.3) is 0 Å². The van der Waals surface area contributed by atoms with Crippen molar-refractivity contribution < 1.29 is 0 Å². The van der Waals surface area contributed by atoms with E-state index >= 15 is 0 Å². The van der Waals surface area contributed by atoms with Gasteiger partial charge in [-0.1, -0.05) is 13.8 Å². The first-order valence-electron chi connectivity index (χ1n) is 4.96. The van der Waals surface area contributed by atoms with Crippen LogP contribution in [0, 0.1) is 5.92 Å². The highest BCUT2D eigenvalue weighted by molar-refractivity contribution is 9.10. The maximum atomic E-state index is 4.40. The minimum Gasteiger partial charge on any atom is -0.358 e. The van der Waals surface area contributed by atoms with Crippen molar-refractivity contribution in [3.8, 4) is 0 Å². The molecule has 0 aromatic carbocycles. The SMILES string of the molecule is CNc1ncc(Br)c(N(C)CC(C)C)n1. The van der Waals surface area contributed by atoms with E-state index in [1.54, 1.807) is 6.20 Å². The molecule has 0 unspecified atom stereocenters. The van der Waals surface area contributed by atoms with Crippen LogP contribution in [0.2, 0.25) is 0 Å². The quantitative estimate of drug-likeness (QED) is 0.914. The van der Waals surface area contributed by atoms with Crippen LogP contribution in [0.1, 0.15) is 13.8 Å². The molecular weight excluding hydrogens is 256 g/mol. The van der Waals surface area contributed by atoms with Crippen molar-refractivity contribution in [3.63, 3.8) is 0 Å². The van der Waals surface area contributed by atoms with E-state index in [2.05, 4.69) is 50.0 Å². The van der Waals surface area contributed by atoms with E-state index in [4.69, 9.17) is 0 Å². The molecule has 0 spiro atoms. The molecule has 0 saturated carbocycles. The minimum absolute atomic E-state index is 0.606. The highest BCUT2D eigenvalue weighted by atomic mass is 79.9. The largest absolute Gasteiger partial charge is 0.358 e. The van der Waals surface area contributed by atoms with Crippen molar-refractivity contribution >= 4 is 27.7 Å². The fourth-order valence-electron chi connectivity index (χ4n) is 1.38. The average Bonchev–Trinajstić information content (AvgIpc) is 2.17. The van der Waals surface area contributed by atoms with Crippen LogP contribution in [0.4, 0.5) is 11.8 Å². The predicted molar refractivity (Wildman–Crippen MR) is 67.4 cm³/mol. The smallest absolute Gasteiger partial charge is 0.224 e. The summed E-state index contributed by atoms with van der Waals surface area (Å²) in [6.07, 6.45) is 1.77. The molecule has 0 atom stereocenters. The number of rotatable bonds is 4. The molecule has 0 aliphatic rings. The molecular formula is C10H17BrN4. The highest BCUT2D eigenvalue weighted by Gasteiger charge is 2.10. The summed E-state index contributed by atoms with van der Waals surface area (Å²) in [6.45, 7) is 5.34. The van der Waals surface area contributed by atoms with Crippen LogP contribution in [-0.4, -0.2) is 30.6 Å². The van der Waals surface area contributed by atoms with Crippen LogP contribution in [0.3, 0.4) is 0 Å². The van der Waals surface area contributed by atoms with Gasteiger partial charge >= 0.3 is 0 Å². The molecule has 4 nitrogen and oxygen atoms in total. The Morgan fingerprint density at radius 3 is 2.73 bits per heavy atom. The standard InChI is InChI=1S/C10H17BrN4/c1-7(2)6-15(4)9-8(11)5-13-10(12-3)14-9/h5,7H,6H2,1-4H3,(H,12,13,14). The lowest BCUT2D eigenvalue weighted by Gasteiger charge is -2.21. The highest BCUT2D eigenvalue weighted by Crippen LogP contribution is 2.23. The zero-order valence-electron chi connectivity index (χ0n) is 9.58. The molecule has 1 aromatic heterocycles. The van der Waals surface area contributed by atoms with Crippen LogP contribution >= 0.6 is 15.9 Å². The van der Waals surface area contributed by atoms with Gasteiger partial charge in [0.1, 0.15) is 5.82 Å². The van der Waals surface area contributed by atoms with Gasteiger partial charge in [-0.2, -0.15) is 4.98 Å². The lowest BCUT2D eigenvalue weighted by Crippen LogP contribution is -2.24. The third kappa shape index (κ3) is 3.34. The third-order valence-electron chi connectivity index (χ3n) is 1.95. The lowest BCUT2D eigenvalue weighted by atomic mass is 10.2. The molecule has 5 heteroatoms. The summed E-state index contributed by atoms with van der Waals surface area (Å²) in [6, 6.07) is 0. The maximum absolute atomic E-state index is 4.40. The van der Waals surface area contributed by atoms with Crippen LogP contribution in [0.15, 0.2) is 10.7 Å². The number of aromatic nitrogens is 2. The molecule has 15 heavy (non-hydrogen) atoms. The van der Waals surface area contributed by atoms with E-state index in [0.29, 0.717) is 11.9 Å². The minimum atomic E-state index is 0.606. The maximum Gasteiger partial charge on any atom is 0.224 e. The van der Waals surface area contributed by atoms with Crippen molar-refractivity contribution in [2.24, 2.45) is 5.92 Å². The lowest BCUT2D eigenvalue weighted by molar-refractivity contribution is 0.633. The fraction of sp³-hybridized carbons (Fsp3) is 0.600. The van der Waals surface area contributed by atoms with Crippen molar-refractivity contribution in [1.82, 2.24) is 9.97 Å². The molecule has 1 N–H and O–H groups in total. The molecule has 0 amide bonds. The summed E-state index contributed by atoms with van der Waals surface area (Å²) in [7, 11) is 3.85.